The second-order valence-electron chi connectivity index (χ2n) is 19.9. The van der Waals surface area contributed by atoms with E-state index in [9.17, 15) is 21.6 Å². The van der Waals surface area contributed by atoms with Gasteiger partial charge in [0.15, 0.2) is 11.6 Å². The molecule has 0 amide bonds. The molecule has 9 nitrogen and oxygen atoms in total. The molecule has 0 N–H and O–H groups in total. The second-order valence-corrected chi connectivity index (χ2v) is 21.8. The first-order valence-corrected chi connectivity index (χ1v) is 28.4. The Morgan fingerprint density at radius 3 is 1.59 bits per heavy atom. The quantitative estimate of drug-likeness (QED) is 0.0499. The lowest BCUT2D eigenvalue weighted by atomic mass is 9.99. The van der Waals surface area contributed by atoms with Crippen molar-refractivity contribution in [1.29, 1.82) is 0 Å². The number of piperazine rings is 1. The summed E-state index contributed by atoms with van der Waals surface area (Å²) >= 11 is 0. The van der Waals surface area contributed by atoms with Gasteiger partial charge in [-0.2, -0.15) is 4.39 Å². The van der Waals surface area contributed by atoms with Crippen molar-refractivity contribution in [2.75, 3.05) is 70.4 Å². The van der Waals surface area contributed by atoms with Gasteiger partial charge < -0.3 is 19.3 Å². The van der Waals surface area contributed by atoms with Crippen LogP contribution in [0, 0.1) is 11.6 Å². The summed E-state index contributed by atoms with van der Waals surface area (Å²) in [4.78, 5) is 12.4. The molecular formula is C54H82F5N5O4S. The number of alkyl halides is 3. The fraction of sp³-hybridized carbons (Fsp3) is 0.722. The molecule has 0 aliphatic carbocycles. The van der Waals surface area contributed by atoms with E-state index >= 15 is 8.78 Å². The number of rotatable bonds is 29. The number of hydrogen-bond donors (Lipinski definition) is 0. The summed E-state index contributed by atoms with van der Waals surface area (Å²) in [6, 6.07) is 6.54. The van der Waals surface area contributed by atoms with Crippen LogP contribution in [0.1, 0.15) is 168 Å². The first-order valence-electron chi connectivity index (χ1n) is 26.9. The standard InChI is InChI=1S/C54H82F5N5O4S/c1-3-5-6-7-8-9-10-11-12-13-14-15-16-17-18-19-20-21-22-23-40-67-48-26-27-49(52(56)51(48)55)69(65,66)50-42-60-47-25-24-45(68-54(57,58)59)41-46(47)53(50)64-34-30-44(31-35-64)63-38-36-62(37-39-63)43-28-32-61(4-2)33-29-43/h24-27,41-44H,3-23,28-40H2,1-2H3. The maximum absolute atomic E-state index is 16.0. The Morgan fingerprint density at radius 2 is 1.10 bits per heavy atom. The summed E-state index contributed by atoms with van der Waals surface area (Å²) in [6.07, 6.45) is 24.9. The molecule has 4 heterocycles. The Morgan fingerprint density at radius 1 is 0.609 bits per heavy atom. The van der Waals surface area contributed by atoms with Crippen molar-refractivity contribution in [2.45, 2.75) is 196 Å². The average molecular weight is 992 g/mol. The smallest absolute Gasteiger partial charge is 0.490 e. The van der Waals surface area contributed by atoms with E-state index in [2.05, 4.69) is 38.3 Å². The molecule has 6 rings (SSSR count). The second kappa shape index (κ2) is 28.1. The molecule has 0 radical (unpaired) electrons. The van der Waals surface area contributed by atoms with E-state index in [-0.39, 0.29) is 35.0 Å². The molecular weight excluding hydrogens is 910 g/mol. The van der Waals surface area contributed by atoms with Crippen molar-refractivity contribution in [3.05, 3.63) is 48.2 Å². The SMILES string of the molecule is CCCCCCCCCCCCCCCCCCCCCCOc1ccc(S(=O)(=O)c2cnc3ccc(OC(F)(F)F)cc3c2N2CCC(N3CCN(C4CCN(CC)CC4)CC3)CC2)c(F)c1F. The summed E-state index contributed by atoms with van der Waals surface area (Å²) in [6.45, 7) is 12.6. The maximum atomic E-state index is 16.0. The van der Waals surface area contributed by atoms with Crippen LogP contribution in [0.25, 0.3) is 10.9 Å². The third kappa shape index (κ3) is 16.6. The number of ether oxygens (including phenoxy) is 2. The average Bonchev–Trinajstić information content (AvgIpc) is 3.35. The molecule has 2 aromatic carbocycles. The highest BCUT2D eigenvalue weighted by atomic mass is 32.2. The van der Waals surface area contributed by atoms with Gasteiger partial charge in [0.05, 0.1) is 17.8 Å². The Hall–Kier alpha value is -3.27. The summed E-state index contributed by atoms with van der Waals surface area (Å²) in [7, 11) is -4.80. The predicted molar refractivity (Wildman–Crippen MR) is 267 cm³/mol. The largest absolute Gasteiger partial charge is 0.573 e. The van der Waals surface area contributed by atoms with Crippen molar-refractivity contribution in [1.82, 2.24) is 19.7 Å². The third-order valence-electron chi connectivity index (χ3n) is 15.0. The van der Waals surface area contributed by atoms with E-state index in [0.29, 0.717) is 38.4 Å². The van der Waals surface area contributed by atoms with E-state index in [1.807, 2.05) is 4.90 Å². The van der Waals surface area contributed by atoms with Crippen molar-refractivity contribution in [2.24, 2.45) is 0 Å². The minimum atomic E-state index is -4.99. The monoisotopic (exact) mass is 992 g/mol. The molecule has 3 aliphatic heterocycles. The lowest BCUT2D eigenvalue weighted by Crippen LogP contribution is -2.56. The molecule has 3 aliphatic rings. The van der Waals surface area contributed by atoms with Crippen LogP contribution >= 0.6 is 0 Å². The first-order chi connectivity index (χ1) is 33.4. The van der Waals surface area contributed by atoms with Gasteiger partial charge in [0.25, 0.3) is 0 Å². The van der Waals surface area contributed by atoms with Gasteiger partial charge in [-0.05, 0) is 82.1 Å². The molecule has 0 unspecified atom stereocenters. The number of hydrogen-bond acceptors (Lipinski definition) is 9. The van der Waals surface area contributed by atoms with Crippen LogP contribution in [0.5, 0.6) is 11.5 Å². The molecule has 3 aromatic rings. The molecule has 0 atom stereocenters. The predicted octanol–water partition coefficient (Wildman–Crippen LogP) is 13.5. The lowest BCUT2D eigenvalue weighted by Gasteiger charge is -2.46. The van der Waals surface area contributed by atoms with E-state index in [1.54, 1.807) is 0 Å². The van der Waals surface area contributed by atoms with Crippen LogP contribution in [-0.2, 0) is 9.84 Å². The zero-order valence-electron chi connectivity index (χ0n) is 41.8. The van der Waals surface area contributed by atoms with Gasteiger partial charge in [-0.25, -0.2) is 12.8 Å². The Balaban J connectivity index is 0.982. The van der Waals surface area contributed by atoms with Gasteiger partial charge in [0, 0.05) is 62.9 Å². The van der Waals surface area contributed by atoms with Crippen LogP contribution in [0.3, 0.4) is 0 Å². The van der Waals surface area contributed by atoms with Gasteiger partial charge >= 0.3 is 6.36 Å². The zero-order chi connectivity index (χ0) is 49.1. The number of nitrogens with zero attached hydrogens (tertiary/aromatic N) is 5. The van der Waals surface area contributed by atoms with E-state index < -0.39 is 43.4 Å². The molecule has 15 heteroatoms. The van der Waals surface area contributed by atoms with Crippen LogP contribution < -0.4 is 14.4 Å². The number of likely N-dealkylation sites (tertiary alicyclic amines) is 1. The molecule has 1 aromatic heterocycles. The number of fused-ring (bicyclic) bond motifs is 1. The van der Waals surface area contributed by atoms with Crippen molar-refractivity contribution in [3.8, 4) is 11.5 Å². The van der Waals surface area contributed by atoms with E-state index in [4.69, 9.17) is 4.74 Å². The van der Waals surface area contributed by atoms with Crippen LogP contribution in [0.2, 0.25) is 0 Å². The highest BCUT2D eigenvalue weighted by Crippen LogP contribution is 2.41. The summed E-state index contributed by atoms with van der Waals surface area (Å²) in [5.74, 6) is -3.91. The van der Waals surface area contributed by atoms with Crippen molar-refractivity contribution < 1.29 is 39.8 Å². The van der Waals surface area contributed by atoms with Gasteiger partial charge in [0.1, 0.15) is 15.5 Å². The van der Waals surface area contributed by atoms with Gasteiger partial charge in [-0.1, -0.05) is 136 Å². The molecule has 0 saturated carbocycles. The highest BCUT2D eigenvalue weighted by molar-refractivity contribution is 7.91. The maximum Gasteiger partial charge on any atom is 0.573 e. The van der Waals surface area contributed by atoms with Crippen molar-refractivity contribution >= 4 is 26.4 Å². The minimum absolute atomic E-state index is 0.0917. The molecule has 0 spiro atoms. The number of piperidine rings is 2. The Bertz CT molecular complexity index is 2090. The summed E-state index contributed by atoms with van der Waals surface area (Å²) in [5.41, 5.74) is 0.330. The van der Waals surface area contributed by atoms with E-state index in [1.165, 1.54) is 122 Å². The molecule has 69 heavy (non-hydrogen) atoms. The van der Waals surface area contributed by atoms with Crippen LogP contribution in [0.4, 0.5) is 27.6 Å². The topological polar surface area (TPSA) is 78.4 Å². The Labute approximate surface area is 410 Å². The number of anilines is 1. The van der Waals surface area contributed by atoms with Crippen LogP contribution in [-0.4, -0.2) is 112 Å². The lowest BCUT2D eigenvalue weighted by molar-refractivity contribution is -0.274. The summed E-state index contributed by atoms with van der Waals surface area (Å²) in [5, 5.41) is 0.106. The van der Waals surface area contributed by atoms with Gasteiger partial charge in [0.2, 0.25) is 15.7 Å². The van der Waals surface area contributed by atoms with Crippen molar-refractivity contribution in [3.63, 3.8) is 0 Å². The van der Waals surface area contributed by atoms with Gasteiger partial charge in [-0.3, -0.25) is 14.8 Å². The number of unbranched alkanes of at least 4 members (excludes halogenated alkanes) is 19. The number of sulfone groups is 1. The fourth-order valence-electron chi connectivity index (χ4n) is 10.9. The molecule has 0 bridgehead atoms. The highest BCUT2D eigenvalue weighted by Gasteiger charge is 2.36. The molecule has 3 saturated heterocycles. The molecule has 388 valence electrons. The normalized spacial score (nSPS) is 17.6. The molecule has 3 fully saturated rings. The Kier molecular flexibility index (Phi) is 22.4. The van der Waals surface area contributed by atoms with Gasteiger partial charge in [-0.15, -0.1) is 13.2 Å². The fourth-order valence-corrected chi connectivity index (χ4v) is 12.4. The zero-order valence-corrected chi connectivity index (χ0v) is 42.6. The number of aromatic nitrogens is 1. The number of pyridine rings is 1. The first kappa shape index (κ1) is 55.1. The van der Waals surface area contributed by atoms with Crippen LogP contribution in [0.15, 0.2) is 46.3 Å². The number of benzene rings is 2. The summed E-state index contributed by atoms with van der Waals surface area (Å²) < 4.78 is 111. The number of halogens is 5. The third-order valence-corrected chi connectivity index (χ3v) is 16.8. The minimum Gasteiger partial charge on any atom is -0.490 e. The van der Waals surface area contributed by atoms with E-state index in [0.717, 1.165) is 95.5 Å².